The number of alkyl halides is 3. The fraction of sp³-hybridized carbons (Fsp3) is 0.167. The van der Waals surface area contributed by atoms with Crippen LogP contribution in [-0.4, -0.2) is 50.4 Å². The summed E-state index contributed by atoms with van der Waals surface area (Å²) in [5.41, 5.74) is 0.353. The molecule has 0 bridgehead atoms. The number of anilines is 1. The molecule has 3 N–H and O–H groups in total. The summed E-state index contributed by atoms with van der Waals surface area (Å²) in [5.74, 6) is -0.541. The van der Waals surface area contributed by atoms with E-state index in [9.17, 15) is 23.1 Å². The Morgan fingerprint density at radius 2 is 1.86 bits per heavy atom. The minimum absolute atomic E-state index is 0.0146. The number of amides is 1. The molecule has 0 spiro atoms. The number of rotatable bonds is 7. The van der Waals surface area contributed by atoms with Gasteiger partial charge in [0.05, 0.1) is 30.1 Å². The monoisotopic (exact) mass is 484 g/mol. The molecule has 35 heavy (non-hydrogen) atoms. The number of aromatic nitrogens is 3. The van der Waals surface area contributed by atoms with E-state index in [0.717, 1.165) is 12.1 Å². The fourth-order valence-electron chi connectivity index (χ4n) is 3.26. The molecule has 0 fully saturated rings. The van der Waals surface area contributed by atoms with Crippen LogP contribution < -0.4 is 10.1 Å². The van der Waals surface area contributed by atoms with Gasteiger partial charge in [0.1, 0.15) is 18.4 Å². The van der Waals surface area contributed by atoms with Crippen molar-refractivity contribution in [2.75, 3.05) is 18.5 Å². The first kappa shape index (κ1) is 24.0. The van der Waals surface area contributed by atoms with Crippen LogP contribution in [0.2, 0.25) is 0 Å². The topological polar surface area (TPSA) is 117 Å². The van der Waals surface area contributed by atoms with Crippen LogP contribution in [-0.2, 0) is 6.18 Å². The molecule has 1 unspecified atom stereocenters. The van der Waals surface area contributed by atoms with Gasteiger partial charge in [-0.05, 0) is 23.8 Å². The van der Waals surface area contributed by atoms with E-state index < -0.39 is 30.4 Å². The smallest absolute Gasteiger partial charge is 0.416 e. The molecule has 8 nitrogen and oxygen atoms in total. The number of nitrogens with one attached hydrogen (secondary N) is 1. The second-order valence-corrected chi connectivity index (χ2v) is 7.50. The molecule has 2 heterocycles. The SMILES string of the molecule is O=C(Nc1cncc(OCC(O)CO)n1)c1ccc2cccc(-c3cccc(C(F)(F)F)c3)c2n1. The lowest BCUT2D eigenvalue weighted by Gasteiger charge is -2.12. The van der Waals surface area contributed by atoms with Gasteiger partial charge in [-0.15, -0.1) is 0 Å². The van der Waals surface area contributed by atoms with Crippen molar-refractivity contribution in [3.8, 4) is 17.0 Å². The number of fused-ring (bicyclic) bond motifs is 1. The van der Waals surface area contributed by atoms with Crippen molar-refractivity contribution in [3.05, 3.63) is 78.2 Å². The van der Waals surface area contributed by atoms with Crippen LogP contribution in [0.15, 0.2) is 67.0 Å². The molecule has 0 aliphatic carbocycles. The molecule has 4 rings (SSSR count). The van der Waals surface area contributed by atoms with E-state index in [-0.39, 0.29) is 24.0 Å². The second kappa shape index (κ2) is 10.0. The molecule has 11 heteroatoms. The lowest BCUT2D eigenvalue weighted by atomic mass is 9.99. The predicted octanol–water partition coefficient (Wildman–Crippen LogP) is 3.69. The molecule has 0 aliphatic rings. The van der Waals surface area contributed by atoms with Crippen LogP contribution in [0.5, 0.6) is 5.88 Å². The standard InChI is InChI=1S/C24H19F3N4O4/c25-24(26,27)16-5-1-4-15(9-16)18-6-2-3-14-7-8-19(29-22(14)18)23(34)31-20-10-28-11-21(30-20)35-13-17(33)12-32/h1-11,17,32-33H,12-13H2,(H,30,31,34). The summed E-state index contributed by atoms with van der Waals surface area (Å²) in [6, 6.07) is 13.1. The normalized spacial score (nSPS) is 12.4. The summed E-state index contributed by atoms with van der Waals surface area (Å²) in [6.07, 6.45) is -3.03. The minimum Gasteiger partial charge on any atom is -0.474 e. The van der Waals surface area contributed by atoms with Crippen LogP contribution in [0, 0.1) is 0 Å². The Labute approximate surface area is 197 Å². The van der Waals surface area contributed by atoms with Gasteiger partial charge in [0.15, 0.2) is 5.82 Å². The van der Waals surface area contributed by atoms with Crippen molar-refractivity contribution in [2.45, 2.75) is 12.3 Å². The fourth-order valence-corrected chi connectivity index (χ4v) is 3.26. The van der Waals surface area contributed by atoms with Crippen molar-refractivity contribution in [1.82, 2.24) is 15.0 Å². The Kier molecular flexibility index (Phi) is 6.90. The second-order valence-electron chi connectivity index (χ2n) is 7.50. The van der Waals surface area contributed by atoms with E-state index in [2.05, 4.69) is 20.3 Å². The molecule has 2 aromatic carbocycles. The van der Waals surface area contributed by atoms with E-state index >= 15 is 0 Å². The highest BCUT2D eigenvalue weighted by molar-refractivity contribution is 6.04. The number of pyridine rings is 1. The van der Waals surface area contributed by atoms with Gasteiger partial charge in [-0.25, -0.2) is 4.98 Å². The van der Waals surface area contributed by atoms with E-state index in [0.29, 0.717) is 22.0 Å². The number of hydrogen-bond donors (Lipinski definition) is 3. The number of nitrogens with zero attached hydrogens (tertiary/aromatic N) is 3. The maximum atomic E-state index is 13.2. The first-order valence-corrected chi connectivity index (χ1v) is 10.4. The molecule has 0 saturated heterocycles. The highest BCUT2D eigenvalue weighted by Crippen LogP contribution is 2.34. The predicted molar refractivity (Wildman–Crippen MR) is 121 cm³/mol. The van der Waals surface area contributed by atoms with Crippen molar-refractivity contribution in [1.29, 1.82) is 0 Å². The van der Waals surface area contributed by atoms with E-state index in [1.807, 2.05) is 0 Å². The summed E-state index contributed by atoms with van der Waals surface area (Å²) in [7, 11) is 0. The lowest BCUT2D eigenvalue weighted by Crippen LogP contribution is -2.22. The zero-order valence-corrected chi connectivity index (χ0v) is 18.0. The zero-order chi connectivity index (χ0) is 25.0. The van der Waals surface area contributed by atoms with E-state index in [1.165, 1.54) is 24.5 Å². The Balaban J connectivity index is 1.61. The Morgan fingerprint density at radius 1 is 1.06 bits per heavy atom. The minimum atomic E-state index is -4.49. The van der Waals surface area contributed by atoms with Crippen molar-refractivity contribution < 1.29 is 32.9 Å². The highest BCUT2D eigenvalue weighted by atomic mass is 19.4. The van der Waals surface area contributed by atoms with Crippen LogP contribution in [0.25, 0.3) is 22.0 Å². The van der Waals surface area contributed by atoms with Gasteiger partial charge in [-0.3, -0.25) is 9.78 Å². The van der Waals surface area contributed by atoms with Gasteiger partial charge in [-0.2, -0.15) is 18.2 Å². The highest BCUT2D eigenvalue weighted by Gasteiger charge is 2.30. The van der Waals surface area contributed by atoms with Gasteiger partial charge in [0, 0.05) is 10.9 Å². The first-order chi connectivity index (χ1) is 16.7. The van der Waals surface area contributed by atoms with Gasteiger partial charge in [0.2, 0.25) is 5.88 Å². The number of para-hydroxylation sites is 1. The molecule has 2 aromatic heterocycles. The molecule has 0 aliphatic heterocycles. The maximum Gasteiger partial charge on any atom is 0.416 e. The molecule has 1 atom stereocenters. The maximum absolute atomic E-state index is 13.2. The summed E-state index contributed by atoms with van der Waals surface area (Å²) >= 11 is 0. The third-order valence-electron chi connectivity index (χ3n) is 4.94. The Hall–Kier alpha value is -4.09. The van der Waals surface area contributed by atoms with Gasteiger partial charge >= 0.3 is 6.18 Å². The first-order valence-electron chi connectivity index (χ1n) is 10.4. The molecule has 4 aromatic rings. The van der Waals surface area contributed by atoms with Crippen LogP contribution in [0.4, 0.5) is 19.0 Å². The van der Waals surface area contributed by atoms with Crippen LogP contribution >= 0.6 is 0 Å². The summed E-state index contributed by atoms with van der Waals surface area (Å²) < 4.78 is 44.8. The molecule has 0 saturated carbocycles. The van der Waals surface area contributed by atoms with Crippen molar-refractivity contribution >= 4 is 22.6 Å². The van der Waals surface area contributed by atoms with Gasteiger partial charge in [-0.1, -0.05) is 36.4 Å². The summed E-state index contributed by atoms with van der Waals surface area (Å²) in [6.45, 7) is -0.701. The van der Waals surface area contributed by atoms with Crippen LogP contribution in [0.3, 0.4) is 0 Å². The van der Waals surface area contributed by atoms with E-state index in [4.69, 9.17) is 9.84 Å². The van der Waals surface area contributed by atoms with E-state index in [1.54, 1.807) is 30.3 Å². The molecule has 1 amide bonds. The quantitative estimate of drug-likeness (QED) is 0.366. The number of aliphatic hydroxyl groups is 2. The molecular weight excluding hydrogens is 465 g/mol. The molecular formula is C24H19F3N4O4. The lowest BCUT2D eigenvalue weighted by molar-refractivity contribution is -0.137. The number of ether oxygens (including phenoxy) is 1. The van der Waals surface area contributed by atoms with Crippen molar-refractivity contribution in [3.63, 3.8) is 0 Å². The molecule has 180 valence electrons. The number of hydrogen-bond acceptors (Lipinski definition) is 7. The largest absolute Gasteiger partial charge is 0.474 e. The number of halogens is 3. The third-order valence-corrected chi connectivity index (χ3v) is 4.94. The van der Waals surface area contributed by atoms with Crippen LogP contribution in [0.1, 0.15) is 16.1 Å². The Morgan fingerprint density at radius 3 is 2.63 bits per heavy atom. The Bertz CT molecular complexity index is 1360. The number of carbonyl (C=O) groups excluding carboxylic acids is 1. The number of aliphatic hydroxyl groups excluding tert-OH is 2. The van der Waals surface area contributed by atoms with Gasteiger partial charge in [0.25, 0.3) is 5.91 Å². The average molecular weight is 484 g/mol. The van der Waals surface area contributed by atoms with Crippen molar-refractivity contribution in [2.24, 2.45) is 0 Å². The third kappa shape index (κ3) is 5.70. The zero-order valence-electron chi connectivity index (χ0n) is 18.0. The van der Waals surface area contributed by atoms with Gasteiger partial charge < -0.3 is 20.3 Å². The summed E-state index contributed by atoms with van der Waals surface area (Å²) in [5, 5.41) is 21.4. The molecule has 0 radical (unpaired) electrons. The number of benzene rings is 2. The summed E-state index contributed by atoms with van der Waals surface area (Å²) in [4.78, 5) is 25.2. The number of carbonyl (C=O) groups is 1. The average Bonchev–Trinajstić information content (AvgIpc) is 2.86.